The molecule has 31 heavy (non-hydrogen) atoms. The molecule has 0 atom stereocenters. The SMILES string of the molecule is Fc1ccc(C2=C(CN3CCCC3)COc3ccc(OCCc4nnn[nH]4)cc32)cc1. The Morgan fingerprint density at radius 2 is 1.94 bits per heavy atom. The van der Waals surface area contributed by atoms with Gasteiger partial charge in [0.1, 0.15) is 23.9 Å². The van der Waals surface area contributed by atoms with Gasteiger partial charge >= 0.3 is 0 Å². The average Bonchev–Trinajstić information content (AvgIpc) is 3.49. The number of aromatic nitrogens is 4. The maximum atomic E-state index is 13.6. The fourth-order valence-electron chi connectivity index (χ4n) is 4.21. The summed E-state index contributed by atoms with van der Waals surface area (Å²) >= 11 is 0. The first-order chi connectivity index (χ1) is 15.3. The van der Waals surface area contributed by atoms with Crippen LogP contribution in [0.2, 0.25) is 0 Å². The van der Waals surface area contributed by atoms with Crippen molar-refractivity contribution in [1.82, 2.24) is 25.5 Å². The highest BCUT2D eigenvalue weighted by molar-refractivity contribution is 5.87. The van der Waals surface area contributed by atoms with Crippen molar-refractivity contribution in [3.8, 4) is 11.5 Å². The minimum absolute atomic E-state index is 0.239. The molecule has 2 aromatic carbocycles. The Labute approximate surface area is 179 Å². The van der Waals surface area contributed by atoms with Crippen LogP contribution < -0.4 is 9.47 Å². The van der Waals surface area contributed by atoms with Crippen molar-refractivity contribution in [2.45, 2.75) is 19.3 Å². The van der Waals surface area contributed by atoms with Gasteiger partial charge in [0.15, 0.2) is 5.82 Å². The van der Waals surface area contributed by atoms with Gasteiger partial charge < -0.3 is 9.47 Å². The molecule has 0 amide bonds. The number of likely N-dealkylation sites (tertiary alicyclic amines) is 1. The van der Waals surface area contributed by atoms with E-state index in [-0.39, 0.29) is 5.82 Å². The summed E-state index contributed by atoms with van der Waals surface area (Å²) in [6.07, 6.45) is 3.05. The molecule has 0 saturated carbocycles. The van der Waals surface area contributed by atoms with E-state index >= 15 is 0 Å². The third-order valence-corrected chi connectivity index (χ3v) is 5.72. The lowest BCUT2D eigenvalue weighted by Crippen LogP contribution is -2.26. The minimum atomic E-state index is -0.239. The molecule has 0 radical (unpaired) electrons. The summed E-state index contributed by atoms with van der Waals surface area (Å²) < 4.78 is 25.7. The monoisotopic (exact) mass is 421 g/mol. The second kappa shape index (κ2) is 8.85. The predicted octanol–water partition coefficient (Wildman–Crippen LogP) is 3.25. The summed E-state index contributed by atoms with van der Waals surface area (Å²) in [6.45, 7) is 4.05. The lowest BCUT2D eigenvalue weighted by molar-refractivity contribution is 0.304. The Hall–Kier alpha value is -3.26. The summed E-state index contributed by atoms with van der Waals surface area (Å²) in [6, 6.07) is 12.6. The highest BCUT2D eigenvalue weighted by Crippen LogP contribution is 2.40. The molecule has 7 nitrogen and oxygen atoms in total. The fourth-order valence-corrected chi connectivity index (χ4v) is 4.21. The lowest BCUT2D eigenvalue weighted by Gasteiger charge is -2.27. The molecule has 1 aromatic heterocycles. The highest BCUT2D eigenvalue weighted by Gasteiger charge is 2.25. The number of aromatic amines is 1. The Morgan fingerprint density at radius 3 is 2.71 bits per heavy atom. The number of halogens is 1. The van der Waals surface area contributed by atoms with Crippen LogP contribution in [0.25, 0.3) is 5.57 Å². The van der Waals surface area contributed by atoms with Crippen LogP contribution in [0.5, 0.6) is 11.5 Å². The average molecular weight is 421 g/mol. The molecule has 1 saturated heterocycles. The summed E-state index contributed by atoms with van der Waals surface area (Å²) in [7, 11) is 0. The van der Waals surface area contributed by atoms with Crippen molar-refractivity contribution in [1.29, 1.82) is 0 Å². The first kappa shape index (κ1) is 19.7. The predicted molar refractivity (Wildman–Crippen MR) is 113 cm³/mol. The standard InChI is InChI=1S/C23H24FN5O2/c24-18-5-3-16(4-6-18)23-17(14-29-10-1-2-11-29)15-31-21-8-7-19(13-20(21)23)30-12-9-22-25-27-28-26-22/h3-8,13H,1-2,9-12,14-15H2,(H,25,26,27,28). The molecule has 2 aliphatic rings. The highest BCUT2D eigenvalue weighted by atomic mass is 19.1. The molecular weight excluding hydrogens is 397 g/mol. The van der Waals surface area contributed by atoms with Gasteiger partial charge in [0.2, 0.25) is 0 Å². The van der Waals surface area contributed by atoms with Gasteiger partial charge in [0, 0.05) is 18.5 Å². The number of tetrazole rings is 1. The Kier molecular flexibility index (Phi) is 5.62. The number of benzene rings is 2. The first-order valence-corrected chi connectivity index (χ1v) is 10.6. The van der Waals surface area contributed by atoms with Crippen LogP contribution in [0.1, 0.15) is 29.8 Å². The van der Waals surface area contributed by atoms with Crippen LogP contribution in [0.4, 0.5) is 4.39 Å². The van der Waals surface area contributed by atoms with Crippen molar-refractivity contribution in [3.63, 3.8) is 0 Å². The molecule has 5 rings (SSSR count). The second-order valence-corrected chi connectivity index (χ2v) is 7.86. The van der Waals surface area contributed by atoms with E-state index in [1.54, 1.807) is 0 Å². The van der Waals surface area contributed by atoms with Gasteiger partial charge in [-0.25, -0.2) is 9.49 Å². The maximum absolute atomic E-state index is 13.6. The zero-order valence-corrected chi connectivity index (χ0v) is 17.2. The quantitative estimate of drug-likeness (QED) is 0.631. The molecule has 0 aliphatic carbocycles. The lowest BCUT2D eigenvalue weighted by atomic mass is 9.90. The zero-order valence-electron chi connectivity index (χ0n) is 17.2. The van der Waals surface area contributed by atoms with Gasteiger partial charge in [0.05, 0.1) is 6.61 Å². The van der Waals surface area contributed by atoms with E-state index in [1.807, 2.05) is 30.3 Å². The number of fused-ring (bicyclic) bond motifs is 1. The van der Waals surface area contributed by atoms with Crippen molar-refractivity contribution in [2.75, 3.05) is 32.8 Å². The van der Waals surface area contributed by atoms with E-state index in [1.165, 1.54) is 30.5 Å². The smallest absolute Gasteiger partial charge is 0.151 e. The second-order valence-electron chi connectivity index (χ2n) is 7.86. The van der Waals surface area contributed by atoms with Crippen LogP contribution >= 0.6 is 0 Å². The topological polar surface area (TPSA) is 76.2 Å². The van der Waals surface area contributed by atoms with Gasteiger partial charge in [-0.3, -0.25) is 4.90 Å². The van der Waals surface area contributed by atoms with Crippen molar-refractivity contribution < 1.29 is 13.9 Å². The van der Waals surface area contributed by atoms with Crippen LogP contribution in [0.15, 0.2) is 48.0 Å². The van der Waals surface area contributed by atoms with Crippen molar-refractivity contribution >= 4 is 5.57 Å². The number of hydrogen-bond donors (Lipinski definition) is 1. The van der Waals surface area contributed by atoms with E-state index in [2.05, 4.69) is 25.5 Å². The van der Waals surface area contributed by atoms with E-state index in [4.69, 9.17) is 9.47 Å². The summed E-state index contributed by atoms with van der Waals surface area (Å²) in [5, 5.41) is 13.8. The molecule has 8 heteroatoms. The molecular formula is C23H24FN5O2. The molecule has 0 bridgehead atoms. The van der Waals surface area contributed by atoms with Gasteiger partial charge in [0.25, 0.3) is 0 Å². The fraction of sp³-hybridized carbons (Fsp3) is 0.348. The van der Waals surface area contributed by atoms with Crippen LogP contribution in [-0.2, 0) is 6.42 Å². The number of nitrogens with one attached hydrogen (secondary N) is 1. The zero-order chi connectivity index (χ0) is 21.0. The van der Waals surface area contributed by atoms with E-state index in [9.17, 15) is 4.39 Å². The molecule has 3 aromatic rings. The van der Waals surface area contributed by atoms with Crippen LogP contribution in [0.3, 0.4) is 0 Å². The molecule has 1 fully saturated rings. The van der Waals surface area contributed by atoms with Crippen molar-refractivity contribution in [2.24, 2.45) is 0 Å². The Bertz CT molecular complexity index is 1060. The molecule has 3 heterocycles. The maximum Gasteiger partial charge on any atom is 0.151 e. The van der Waals surface area contributed by atoms with Crippen LogP contribution in [0, 0.1) is 5.82 Å². The summed E-state index contributed by atoms with van der Waals surface area (Å²) in [5.74, 6) is 2.01. The van der Waals surface area contributed by atoms with Gasteiger partial charge in [-0.05, 0) is 83.4 Å². The van der Waals surface area contributed by atoms with E-state index in [0.29, 0.717) is 25.5 Å². The number of H-pyrrole nitrogens is 1. The molecule has 1 N–H and O–H groups in total. The van der Waals surface area contributed by atoms with Gasteiger partial charge in [-0.1, -0.05) is 12.1 Å². The summed E-state index contributed by atoms with van der Waals surface area (Å²) in [4.78, 5) is 2.46. The number of nitrogens with zero attached hydrogens (tertiary/aromatic N) is 4. The Balaban J connectivity index is 1.45. The van der Waals surface area contributed by atoms with E-state index in [0.717, 1.165) is 47.8 Å². The number of ether oxygens (including phenoxy) is 2. The normalized spacial score (nSPS) is 16.3. The molecule has 160 valence electrons. The minimum Gasteiger partial charge on any atom is -0.493 e. The van der Waals surface area contributed by atoms with E-state index < -0.39 is 0 Å². The summed E-state index contributed by atoms with van der Waals surface area (Å²) in [5.41, 5.74) is 4.29. The molecule has 2 aliphatic heterocycles. The number of hydrogen-bond acceptors (Lipinski definition) is 6. The van der Waals surface area contributed by atoms with Gasteiger partial charge in [-0.15, -0.1) is 5.10 Å². The van der Waals surface area contributed by atoms with Crippen molar-refractivity contribution in [3.05, 3.63) is 70.8 Å². The van der Waals surface area contributed by atoms with Crippen LogP contribution in [-0.4, -0.2) is 58.4 Å². The third-order valence-electron chi connectivity index (χ3n) is 5.72. The largest absolute Gasteiger partial charge is 0.493 e. The third kappa shape index (κ3) is 4.44. The molecule has 0 unspecified atom stereocenters. The van der Waals surface area contributed by atoms with Gasteiger partial charge in [-0.2, -0.15) is 0 Å². The first-order valence-electron chi connectivity index (χ1n) is 10.6. The molecule has 0 spiro atoms. The Morgan fingerprint density at radius 1 is 1.10 bits per heavy atom. The number of rotatable bonds is 7.